The average Bonchev–Trinajstić information content (AvgIpc) is 3.07. The van der Waals surface area contributed by atoms with Gasteiger partial charge in [-0.1, -0.05) is 18.2 Å². The number of amides is 1. The van der Waals surface area contributed by atoms with E-state index in [2.05, 4.69) is 43.1 Å². The molecule has 26 heavy (non-hydrogen) atoms. The summed E-state index contributed by atoms with van der Waals surface area (Å²) in [4.78, 5) is 20.3. The first-order chi connectivity index (χ1) is 12.5. The van der Waals surface area contributed by atoms with Gasteiger partial charge in [0.05, 0.1) is 16.3 Å². The molecule has 0 aliphatic rings. The van der Waals surface area contributed by atoms with E-state index >= 15 is 0 Å². The Labute approximate surface area is 163 Å². The summed E-state index contributed by atoms with van der Waals surface area (Å²) in [5.74, 6) is 0.950. The quantitative estimate of drug-likeness (QED) is 0.518. The summed E-state index contributed by atoms with van der Waals surface area (Å²) in [5.41, 5.74) is 3.60. The van der Waals surface area contributed by atoms with Crippen molar-refractivity contribution in [2.75, 3.05) is 12.8 Å². The van der Waals surface area contributed by atoms with Crippen molar-refractivity contribution in [2.45, 2.75) is 38.1 Å². The third-order valence-electron chi connectivity index (χ3n) is 4.71. The highest BCUT2D eigenvalue weighted by molar-refractivity contribution is 7.99. The molecule has 0 aliphatic carbocycles. The van der Waals surface area contributed by atoms with E-state index < -0.39 is 0 Å². The second-order valence-electron chi connectivity index (χ2n) is 6.54. The predicted molar refractivity (Wildman–Crippen MR) is 112 cm³/mol. The van der Waals surface area contributed by atoms with Crippen LogP contribution in [0.2, 0.25) is 0 Å². The Morgan fingerprint density at radius 1 is 1.19 bits per heavy atom. The van der Waals surface area contributed by atoms with Crippen LogP contribution in [0.1, 0.15) is 35.5 Å². The molecule has 0 N–H and O–H groups in total. The lowest BCUT2D eigenvalue weighted by Gasteiger charge is -2.23. The molecule has 0 fully saturated rings. The van der Waals surface area contributed by atoms with Gasteiger partial charge in [0.2, 0.25) is 5.91 Å². The number of benzene rings is 2. The first-order valence-corrected chi connectivity index (χ1v) is 10.6. The van der Waals surface area contributed by atoms with Gasteiger partial charge in [-0.2, -0.15) is 0 Å². The van der Waals surface area contributed by atoms with Crippen molar-refractivity contribution in [1.82, 2.24) is 9.88 Å². The van der Waals surface area contributed by atoms with Crippen molar-refractivity contribution in [1.29, 1.82) is 0 Å². The van der Waals surface area contributed by atoms with E-state index in [9.17, 15) is 4.79 Å². The van der Waals surface area contributed by atoms with Gasteiger partial charge in [-0.15, -0.1) is 23.1 Å². The van der Waals surface area contributed by atoms with Gasteiger partial charge >= 0.3 is 0 Å². The van der Waals surface area contributed by atoms with E-state index in [1.807, 2.05) is 37.1 Å². The molecule has 1 aromatic heterocycles. The molecule has 136 valence electrons. The van der Waals surface area contributed by atoms with Gasteiger partial charge < -0.3 is 4.90 Å². The summed E-state index contributed by atoms with van der Waals surface area (Å²) in [6.07, 6.45) is 0.531. The molecule has 1 heterocycles. The molecule has 1 amide bonds. The van der Waals surface area contributed by atoms with E-state index in [4.69, 9.17) is 0 Å². The largest absolute Gasteiger partial charge is 0.337 e. The summed E-state index contributed by atoms with van der Waals surface area (Å²) in [7, 11) is 1.87. The second kappa shape index (κ2) is 8.23. The number of nitrogens with zero attached hydrogens (tertiary/aromatic N) is 2. The second-order valence-corrected chi connectivity index (χ2v) is 8.78. The molecule has 0 spiro atoms. The maximum atomic E-state index is 12.6. The molecule has 0 saturated heterocycles. The zero-order valence-corrected chi connectivity index (χ0v) is 17.3. The Bertz CT molecular complexity index is 886. The van der Waals surface area contributed by atoms with E-state index in [0.717, 1.165) is 16.3 Å². The zero-order chi connectivity index (χ0) is 18.7. The van der Waals surface area contributed by atoms with Crippen molar-refractivity contribution in [3.05, 3.63) is 58.6 Å². The lowest BCUT2D eigenvalue weighted by molar-refractivity contribution is -0.131. The minimum atomic E-state index is -0.00785. The van der Waals surface area contributed by atoms with Crippen LogP contribution in [0.15, 0.2) is 47.4 Å². The standard InChI is InChI=1S/C21H24N2OS2/c1-14-9-10-17(13-15(14)2)25-12-11-20(24)23(4)16(3)21-22-18-7-5-6-8-19(18)26-21/h5-10,13,16H,11-12H2,1-4H3/t16-/m0/s1. The van der Waals surface area contributed by atoms with E-state index in [1.54, 1.807) is 23.1 Å². The van der Waals surface area contributed by atoms with Gasteiger partial charge in [-0.25, -0.2) is 4.98 Å². The van der Waals surface area contributed by atoms with Crippen LogP contribution in [-0.2, 0) is 4.79 Å². The van der Waals surface area contributed by atoms with Crippen molar-refractivity contribution in [2.24, 2.45) is 0 Å². The monoisotopic (exact) mass is 384 g/mol. The third kappa shape index (κ3) is 4.27. The number of hydrogen-bond donors (Lipinski definition) is 0. The molecular formula is C21H24N2OS2. The molecule has 3 rings (SSSR count). The van der Waals surface area contributed by atoms with Crippen molar-refractivity contribution >= 4 is 39.2 Å². The summed E-state index contributed by atoms with van der Waals surface area (Å²) >= 11 is 3.40. The number of carbonyl (C=O) groups excluding carboxylic acids is 1. The molecule has 3 aromatic rings. The van der Waals surface area contributed by atoms with Gasteiger partial charge in [0.15, 0.2) is 0 Å². The SMILES string of the molecule is Cc1ccc(SCCC(=O)N(C)[C@@H](C)c2nc3ccccc3s2)cc1C. The van der Waals surface area contributed by atoms with Crippen molar-refractivity contribution in [3.8, 4) is 0 Å². The van der Waals surface area contributed by atoms with Crippen LogP contribution in [0, 0.1) is 13.8 Å². The summed E-state index contributed by atoms with van der Waals surface area (Å²) in [5, 5.41) is 0.990. The lowest BCUT2D eigenvalue weighted by Crippen LogP contribution is -2.29. The van der Waals surface area contributed by atoms with Crippen molar-refractivity contribution < 1.29 is 4.79 Å². The lowest BCUT2D eigenvalue weighted by atomic mass is 10.1. The van der Waals surface area contributed by atoms with Crippen LogP contribution in [0.3, 0.4) is 0 Å². The van der Waals surface area contributed by atoms with Crippen LogP contribution in [0.25, 0.3) is 10.2 Å². The zero-order valence-electron chi connectivity index (χ0n) is 15.7. The molecule has 0 bridgehead atoms. The normalized spacial score (nSPS) is 12.3. The summed E-state index contributed by atoms with van der Waals surface area (Å²) < 4.78 is 1.17. The number of aryl methyl sites for hydroxylation is 2. The molecule has 0 aliphatic heterocycles. The van der Waals surface area contributed by atoms with Gasteiger partial charge in [-0.3, -0.25) is 4.79 Å². The number of thioether (sulfide) groups is 1. The van der Waals surface area contributed by atoms with Crippen LogP contribution >= 0.6 is 23.1 Å². The molecule has 2 aromatic carbocycles. The van der Waals surface area contributed by atoms with Crippen molar-refractivity contribution in [3.63, 3.8) is 0 Å². The Morgan fingerprint density at radius 3 is 2.69 bits per heavy atom. The maximum absolute atomic E-state index is 12.6. The Morgan fingerprint density at radius 2 is 1.96 bits per heavy atom. The van der Waals surface area contributed by atoms with Gasteiger partial charge in [-0.05, 0) is 56.2 Å². The first kappa shape index (κ1) is 18.9. The molecule has 5 heteroatoms. The highest BCUT2D eigenvalue weighted by Gasteiger charge is 2.20. The highest BCUT2D eigenvalue weighted by Crippen LogP contribution is 2.29. The highest BCUT2D eigenvalue weighted by atomic mass is 32.2. The number of hydrogen-bond acceptors (Lipinski definition) is 4. The number of rotatable bonds is 6. The fourth-order valence-electron chi connectivity index (χ4n) is 2.69. The predicted octanol–water partition coefficient (Wildman–Crippen LogP) is 5.61. The van der Waals surface area contributed by atoms with Crippen LogP contribution < -0.4 is 0 Å². The first-order valence-electron chi connectivity index (χ1n) is 8.77. The molecule has 3 nitrogen and oxygen atoms in total. The fraction of sp³-hybridized carbons (Fsp3) is 0.333. The number of para-hydroxylation sites is 1. The van der Waals surface area contributed by atoms with E-state index in [1.165, 1.54) is 20.7 Å². The summed E-state index contributed by atoms with van der Waals surface area (Å²) in [6.45, 7) is 6.29. The minimum absolute atomic E-state index is 0.00785. The number of carbonyl (C=O) groups is 1. The van der Waals surface area contributed by atoms with Gasteiger partial charge in [0.1, 0.15) is 5.01 Å². The molecular weight excluding hydrogens is 360 g/mol. The molecule has 0 saturated carbocycles. The molecule has 0 radical (unpaired) electrons. The Balaban J connectivity index is 1.57. The Kier molecular flexibility index (Phi) is 5.99. The number of fused-ring (bicyclic) bond motifs is 1. The van der Waals surface area contributed by atoms with Gasteiger partial charge in [0, 0.05) is 24.1 Å². The minimum Gasteiger partial charge on any atom is -0.337 e. The third-order valence-corrected chi connectivity index (χ3v) is 6.91. The molecule has 0 unspecified atom stereocenters. The van der Waals surface area contributed by atoms with E-state index in [0.29, 0.717) is 6.42 Å². The average molecular weight is 385 g/mol. The van der Waals surface area contributed by atoms with Crippen LogP contribution in [-0.4, -0.2) is 28.6 Å². The van der Waals surface area contributed by atoms with E-state index in [-0.39, 0.29) is 11.9 Å². The van der Waals surface area contributed by atoms with Crippen LogP contribution in [0.4, 0.5) is 0 Å². The smallest absolute Gasteiger partial charge is 0.223 e. The topological polar surface area (TPSA) is 33.2 Å². The number of aromatic nitrogens is 1. The maximum Gasteiger partial charge on any atom is 0.223 e. The van der Waals surface area contributed by atoms with Gasteiger partial charge in [0.25, 0.3) is 0 Å². The van der Waals surface area contributed by atoms with Crippen LogP contribution in [0.5, 0.6) is 0 Å². The fourth-order valence-corrected chi connectivity index (χ4v) is 4.69. The Hall–Kier alpha value is -1.85. The number of thiazole rings is 1. The summed E-state index contributed by atoms with van der Waals surface area (Å²) in [6, 6.07) is 14.6. The molecule has 1 atom stereocenters.